The predicted molar refractivity (Wildman–Crippen MR) is 202 cm³/mol. The Balaban J connectivity index is 1.01. The molecule has 2 fully saturated rings. The summed E-state index contributed by atoms with van der Waals surface area (Å²) >= 11 is 0. The number of ether oxygens (including phenoxy) is 2. The number of likely N-dealkylation sites (tertiary alicyclic amines) is 1. The predicted octanol–water partition coefficient (Wildman–Crippen LogP) is 5.79. The van der Waals surface area contributed by atoms with Gasteiger partial charge in [0.2, 0.25) is 11.8 Å². The largest absolute Gasteiger partial charge is 0.453 e. The molecule has 1 aliphatic carbocycles. The van der Waals surface area contributed by atoms with Gasteiger partial charge in [0.15, 0.2) is 0 Å². The average molecular weight is 733 g/mol. The number of rotatable bonds is 12. The van der Waals surface area contributed by atoms with E-state index in [9.17, 15) is 19.2 Å². The van der Waals surface area contributed by atoms with E-state index in [1.165, 1.54) is 14.2 Å². The molecule has 1 unspecified atom stereocenters. The number of nitrogens with one attached hydrogen (secondary N) is 4. The highest BCUT2D eigenvalue weighted by Gasteiger charge is 2.49. The van der Waals surface area contributed by atoms with Crippen LogP contribution in [0.5, 0.6) is 0 Å². The molecule has 1 aliphatic heterocycles. The Hall–Kier alpha value is -6.18. The molecule has 5 aromatic rings. The normalized spacial score (nSPS) is 17.4. The van der Waals surface area contributed by atoms with Crippen molar-refractivity contribution >= 4 is 34.8 Å². The molecule has 3 atom stereocenters. The third-order valence-electron chi connectivity index (χ3n) is 10.4. The Morgan fingerprint density at radius 1 is 0.796 bits per heavy atom. The minimum absolute atomic E-state index is 0.105. The van der Waals surface area contributed by atoms with Gasteiger partial charge in [-0.15, -0.1) is 0 Å². The number of H-pyrrole nitrogens is 2. The van der Waals surface area contributed by atoms with Gasteiger partial charge in [-0.05, 0) is 71.2 Å². The summed E-state index contributed by atoms with van der Waals surface area (Å²) in [6.45, 7) is 2.57. The highest BCUT2D eigenvalue weighted by atomic mass is 16.5. The van der Waals surface area contributed by atoms with E-state index in [1.54, 1.807) is 11.1 Å². The van der Waals surface area contributed by atoms with Crippen LogP contribution in [0, 0.1) is 5.92 Å². The van der Waals surface area contributed by atoms with Crippen LogP contribution < -0.4 is 10.6 Å². The number of nitrogens with zero attached hydrogens (tertiary/aromatic N) is 4. The first kappa shape index (κ1) is 36.2. The maximum absolute atomic E-state index is 13.1. The van der Waals surface area contributed by atoms with Crippen molar-refractivity contribution in [1.29, 1.82) is 0 Å². The lowest BCUT2D eigenvalue weighted by Gasteiger charge is -2.34. The summed E-state index contributed by atoms with van der Waals surface area (Å²) in [6, 6.07) is 21.0. The summed E-state index contributed by atoms with van der Waals surface area (Å²) in [5, 5.41) is 7.15. The molecule has 0 spiro atoms. The summed E-state index contributed by atoms with van der Waals surface area (Å²) in [5.41, 5.74) is 5.88. The molecule has 0 radical (unpaired) electrons. The second-order valence-electron chi connectivity index (χ2n) is 13.8. The van der Waals surface area contributed by atoms with Crippen LogP contribution in [0.25, 0.3) is 44.4 Å². The average Bonchev–Trinajstić information content (AvgIpc) is 4.04. The van der Waals surface area contributed by atoms with E-state index in [0.717, 1.165) is 75.9 Å². The fraction of sp³-hybridized carbons (Fsp3) is 0.350. The fourth-order valence-corrected chi connectivity index (χ4v) is 7.74. The van der Waals surface area contributed by atoms with Gasteiger partial charge >= 0.3 is 12.2 Å². The number of hydrogen-bond acceptors (Lipinski definition) is 8. The van der Waals surface area contributed by atoms with Crippen molar-refractivity contribution in [1.82, 2.24) is 40.4 Å². The van der Waals surface area contributed by atoms with Crippen molar-refractivity contribution in [2.45, 2.75) is 51.2 Å². The van der Waals surface area contributed by atoms with Crippen LogP contribution in [0.4, 0.5) is 9.59 Å². The summed E-state index contributed by atoms with van der Waals surface area (Å²) in [7, 11) is 2.54. The molecular weight excluding hydrogens is 688 g/mol. The number of carbonyl (C=O) groups is 4. The SMILES string of the molecule is CCCN(Cc1ncc(-c2ccc3cc(-c4ccc(-c5cnc([C@@H]6C7CC[C@H](C7)N6C(=O)CNC(=O)OC)[nH]5)cc4)ccc3c2)[nH]1)C(=O)CNC(=O)OC. The van der Waals surface area contributed by atoms with E-state index in [4.69, 9.17) is 4.98 Å². The number of carbonyl (C=O) groups excluding carboxylic acids is 4. The van der Waals surface area contributed by atoms with Gasteiger partial charge in [-0.3, -0.25) is 9.59 Å². The van der Waals surface area contributed by atoms with Gasteiger partial charge in [-0.1, -0.05) is 55.5 Å². The number of imidazole rings is 2. The third-order valence-corrected chi connectivity index (χ3v) is 10.4. The molecule has 4 N–H and O–H groups in total. The van der Waals surface area contributed by atoms with E-state index in [2.05, 4.69) is 95.7 Å². The number of hydrogen-bond donors (Lipinski definition) is 4. The summed E-state index contributed by atoms with van der Waals surface area (Å²) < 4.78 is 9.20. The number of aromatic amines is 2. The second-order valence-corrected chi connectivity index (χ2v) is 13.8. The van der Waals surface area contributed by atoms with Crippen LogP contribution in [0.3, 0.4) is 0 Å². The number of amides is 4. The van der Waals surface area contributed by atoms with Crippen LogP contribution in [0.15, 0.2) is 73.1 Å². The molecule has 54 heavy (non-hydrogen) atoms. The van der Waals surface area contributed by atoms with E-state index in [-0.39, 0.29) is 37.0 Å². The Morgan fingerprint density at radius 2 is 1.43 bits per heavy atom. The van der Waals surface area contributed by atoms with Crippen molar-refractivity contribution in [2.75, 3.05) is 33.9 Å². The lowest BCUT2D eigenvalue weighted by molar-refractivity contribution is -0.135. The smallest absolute Gasteiger partial charge is 0.407 e. The van der Waals surface area contributed by atoms with Gasteiger partial charge in [0.05, 0.1) is 50.6 Å². The van der Waals surface area contributed by atoms with Crippen molar-refractivity contribution < 1.29 is 28.7 Å². The fourth-order valence-electron chi connectivity index (χ4n) is 7.74. The van der Waals surface area contributed by atoms with Gasteiger partial charge in [-0.2, -0.15) is 0 Å². The van der Waals surface area contributed by atoms with Crippen LogP contribution in [0.1, 0.15) is 50.3 Å². The summed E-state index contributed by atoms with van der Waals surface area (Å²) in [5.74, 6) is 1.42. The molecule has 2 bridgehead atoms. The van der Waals surface area contributed by atoms with Crippen LogP contribution >= 0.6 is 0 Å². The highest BCUT2D eigenvalue weighted by molar-refractivity contribution is 5.91. The zero-order valence-corrected chi connectivity index (χ0v) is 30.6. The van der Waals surface area contributed by atoms with E-state index >= 15 is 0 Å². The number of fused-ring (bicyclic) bond motifs is 3. The first-order valence-electron chi connectivity index (χ1n) is 18.2. The van der Waals surface area contributed by atoms with Crippen molar-refractivity contribution in [3.8, 4) is 33.6 Å². The standard InChI is InChI=1S/C40H44N8O6/c1-4-15-47(35(49)21-43-39(51)53-2)23-34-41-19-33(45-34)29-12-11-27-16-26(9-10-28(27)17-29)24-5-7-25(8-6-24)32-20-42-38(46-32)37-30-13-14-31(18-30)48(37)36(50)22-44-40(52)54-3/h5-12,16-17,19-20,30-31,37H,4,13-15,18,21-23H2,1-3H3,(H,41,45)(H,42,46)(H,43,51)(H,44,52)/t30?,31-,37+/m1/s1. The Morgan fingerprint density at radius 3 is 2.15 bits per heavy atom. The van der Waals surface area contributed by atoms with Gasteiger partial charge in [0, 0.05) is 18.2 Å². The number of aromatic nitrogens is 4. The van der Waals surface area contributed by atoms with Gasteiger partial charge in [0.1, 0.15) is 24.7 Å². The molecule has 7 rings (SSSR count). The number of piperidine rings is 1. The summed E-state index contributed by atoms with van der Waals surface area (Å²) in [6.07, 6.45) is 6.05. The van der Waals surface area contributed by atoms with Crippen molar-refractivity contribution in [3.63, 3.8) is 0 Å². The topological polar surface area (TPSA) is 175 Å². The van der Waals surface area contributed by atoms with Crippen molar-refractivity contribution in [3.05, 3.63) is 84.7 Å². The van der Waals surface area contributed by atoms with Crippen molar-refractivity contribution in [2.24, 2.45) is 5.92 Å². The number of alkyl carbamates (subject to hydrolysis) is 2. The monoisotopic (exact) mass is 732 g/mol. The molecule has 4 amide bonds. The highest BCUT2D eigenvalue weighted by Crippen LogP contribution is 2.49. The van der Waals surface area contributed by atoms with E-state index in [0.29, 0.717) is 24.8 Å². The van der Waals surface area contributed by atoms with E-state index < -0.39 is 12.2 Å². The minimum atomic E-state index is -0.648. The molecule has 3 heterocycles. The Bertz CT molecular complexity index is 2160. The zero-order chi connectivity index (χ0) is 37.8. The lowest BCUT2D eigenvalue weighted by atomic mass is 9.97. The number of benzene rings is 3. The molecule has 2 aromatic heterocycles. The third kappa shape index (κ3) is 7.63. The maximum atomic E-state index is 13.1. The van der Waals surface area contributed by atoms with Gasteiger partial charge in [-0.25, -0.2) is 19.6 Å². The minimum Gasteiger partial charge on any atom is -0.453 e. The molecular formula is C40H44N8O6. The first-order valence-corrected chi connectivity index (χ1v) is 18.2. The van der Waals surface area contributed by atoms with Gasteiger partial charge in [0.25, 0.3) is 0 Å². The quantitative estimate of drug-likeness (QED) is 0.125. The molecule has 280 valence electrons. The zero-order valence-electron chi connectivity index (χ0n) is 30.6. The number of methoxy groups -OCH3 is 2. The van der Waals surface area contributed by atoms with Crippen LogP contribution in [-0.2, 0) is 25.6 Å². The molecule has 14 heteroatoms. The summed E-state index contributed by atoms with van der Waals surface area (Å²) in [4.78, 5) is 68.5. The molecule has 1 saturated carbocycles. The molecule has 3 aromatic carbocycles. The Kier molecular flexibility index (Phi) is 10.6. The van der Waals surface area contributed by atoms with Gasteiger partial charge < -0.3 is 39.9 Å². The molecule has 14 nitrogen and oxygen atoms in total. The first-order chi connectivity index (χ1) is 26.2. The lowest BCUT2D eigenvalue weighted by Crippen LogP contribution is -2.45. The second kappa shape index (κ2) is 15.8. The van der Waals surface area contributed by atoms with E-state index in [1.807, 2.05) is 18.0 Å². The van der Waals surface area contributed by atoms with Crippen LogP contribution in [-0.4, -0.2) is 93.6 Å². The molecule has 2 aliphatic rings. The molecule has 1 saturated heterocycles. The Labute approximate surface area is 312 Å². The van der Waals surface area contributed by atoms with Crippen LogP contribution in [0.2, 0.25) is 0 Å². The maximum Gasteiger partial charge on any atom is 0.407 e.